The zero-order chi connectivity index (χ0) is 17.4. The first-order valence-electron chi connectivity index (χ1n) is 7.84. The van der Waals surface area contributed by atoms with Crippen molar-refractivity contribution in [2.75, 3.05) is 13.1 Å². The monoisotopic (exact) mass is 377 g/mol. The summed E-state index contributed by atoms with van der Waals surface area (Å²) < 4.78 is 3.66. The fraction of sp³-hybridized carbons (Fsp3) is 0.333. The summed E-state index contributed by atoms with van der Waals surface area (Å²) in [6.45, 7) is 1.64. The lowest BCUT2D eigenvalue weighted by Crippen LogP contribution is -2.27. The SMILES string of the molecule is NCc1cn(C2CCN(C(=O)/C=C/c3c(Cl)nc4sccn34)C2)nn1. The molecule has 0 saturated carbocycles. The number of carbonyl (C=O) groups is 1. The smallest absolute Gasteiger partial charge is 0.246 e. The number of thiazole rings is 1. The molecule has 3 aromatic heterocycles. The van der Waals surface area contributed by atoms with Crippen LogP contribution in [0.4, 0.5) is 0 Å². The van der Waals surface area contributed by atoms with Crippen LogP contribution < -0.4 is 5.73 Å². The summed E-state index contributed by atoms with van der Waals surface area (Å²) in [5, 5.41) is 10.4. The Morgan fingerprint density at radius 2 is 2.40 bits per heavy atom. The van der Waals surface area contributed by atoms with Gasteiger partial charge in [-0.05, 0) is 12.5 Å². The maximum absolute atomic E-state index is 12.5. The summed E-state index contributed by atoms with van der Waals surface area (Å²) >= 11 is 7.64. The van der Waals surface area contributed by atoms with Crippen LogP contribution >= 0.6 is 22.9 Å². The second-order valence-corrected chi connectivity index (χ2v) is 7.03. The average molecular weight is 378 g/mol. The van der Waals surface area contributed by atoms with Gasteiger partial charge < -0.3 is 10.6 Å². The van der Waals surface area contributed by atoms with Gasteiger partial charge in [-0.2, -0.15) is 0 Å². The Labute approximate surface area is 152 Å². The molecule has 0 bridgehead atoms. The van der Waals surface area contributed by atoms with E-state index in [0.29, 0.717) is 30.5 Å². The van der Waals surface area contributed by atoms with Gasteiger partial charge in [-0.3, -0.25) is 9.20 Å². The molecule has 0 spiro atoms. The van der Waals surface area contributed by atoms with Crippen molar-refractivity contribution in [1.82, 2.24) is 29.3 Å². The molecule has 4 heterocycles. The molecule has 1 saturated heterocycles. The Bertz CT molecular complexity index is 943. The fourth-order valence-electron chi connectivity index (χ4n) is 2.92. The first-order valence-corrected chi connectivity index (χ1v) is 9.10. The predicted molar refractivity (Wildman–Crippen MR) is 95.3 cm³/mol. The van der Waals surface area contributed by atoms with E-state index in [0.717, 1.165) is 17.1 Å². The number of hydrogen-bond donors (Lipinski definition) is 1. The summed E-state index contributed by atoms with van der Waals surface area (Å²) in [5.41, 5.74) is 7.02. The highest BCUT2D eigenvalue weighted by Gasteiger charge is 2.27. The van der Waals surface area contributed by atoms with E-state index in [2.05, 4.69) is 15.3 Å². The number of hydrogen-bond acceptors (Lipinski definition) is 6. The third kappa shape index (κ3) is 3.06. The van der Waals surface area contributed by atoms with Crippen LogP contribution in [0.15, 0.2) is 23.8 Å². The van der Waals surface area contributed by atoms with Gasteiger partial charge in [-0.1, -0.05) is 16.8 Å². The second kappa shape index (κ2) is 6.58. The summed E-state index contributed by atoms with van der Waals surface area (Å²) in [6.07, 6.45) is 7.83. The highest BCUT2D eigenvalue weighted by Crippen LogP contribution is 2.24. The normalized spacial score (nSPS) is 18.0. The van der Waals surface area contributed by atoms with Gasteiger partial charge in [0.1, 0.15) is 0 Å². The number of aromatic nitrogens is 5. The molecule has 1 aliphatic heterocycles. The molecule has 1 amide bonds. The Balaban J connectivity index is 1.45. The third-order valence-electron chi connectivity index (χ3n) is 4.25. The summed E-state index contributed by atoms with van der Waals surface area (Å²) in [5.74, 6) is -0.0529. The topological polar surface area (TPSA) is 94.3 Å². The van der Waals surface area contributed by atoms with Gasteiger partial charge in [0.05, 0.1) is 23.6 Å². The number of nitrogens with zero attached hydrogens (tertiary/aromatic N) is 6. The Hall–Kier alpha value is -2.23. The molecule has 3 aromatic rings. The largest absolute Gasteiger partial charge is 0.337 e. The fourth-order valence-corrected chi connectivity index (χ4v) is 3.93. The zero-order valence-electron chi connectivity index (χ0n) is 13.2. The van der Waals surface area contributed by atoms with Crippen molar-refractivity contribution in [2.24, 2.45) is 5.73 Å². The number of imidazole rings is 1. The van der Waals surface area contributed by atoms with Crippen LogP contribution in [-0.4, -0.2) is 48.3 Å². The van der Waals surface area contributed by atoms with Crippen molar-refractivity contribution in [3.63, 3.8) is 0 Å². The van der Waals surface area contributed by atoms with Gasteiger partial charge in [-0.15, -0.1) is 16.4 Å². The van der Waals surface area contributed by atoms with Crippen LogP contribution in [-0.2, 0) is 11.3 Å². The van der Waals surface area contributed by atoms with Crippen LogP contribution in [0, 0.1) is 0 Å². The molecule has 10 heteroatoms. The number of nitrogens with two attached hydrogens (primary N) is 1. The molecule has 1 fully saturated rings. The number of carbonyl (C=O) groups excluding carboxylic acids is 1. The lowest BCUT2D eigenvalue weighted by atomic mass is 10.3. The third-order valence-corrected chi connectivity index (χ3v) is 5.29. The molecule has 25 heavy (non-hydrogen) atoms. The van der Waals surface area contributed by atoms with E-state index in [1.54, 1.807) is 21.7 Å². The van der Waals surface area contributed by atoms with Crippen LogP contribution in [0.1, 0.15) is 23.9 Å². The lowest BCUT2D eigenvalue weighted by molar-refractivity contribution is -0.125. The quantitative estimate of drug-likeness (QED) is 0.697. The Kier molecular flexibility index (Phi) is 4.28. The molecule has 1 unspecified atom stereocenters. The Morgan fingerprint density at radius 3 is 3.20 bits per heavy atom. The molecule has 1 aliphatic rings. The minimum Gasteiger partial charge on any atom is -0.337 e. The first kappa shape index (κ1) is 16.2. The average Bonchev–Trinajstić information content (AvgIpc) is 3.36. The van der Waals surface area contributed by atoms with Gasteiger partial charge in [0.25, 0.3) is 0 Å². The summed E-state index contributed by atoms with van der Waals surface area (Å²) in [7, 11) is 0. The molecule has 0 radical (unpaired) electrons. The molecular formula is C15H16ClN7OS. The van der Waals surface area contributed by atoms with Crippen molar-refractivity contribution in [1.29, 1.82) is 0 Å². The van der Waals surface area contributed by atoms with E-state index in [9.17, 15) is 4.79 Å². The summed E-state index contributed by atoms with van der Waals surface area (Å²) in [6, 6.07) is 0.132. The van der Waals surface area contributed by atoms with Crippen molar-refractivity contribution in [3.8, 4) is 0 Å². The van der Waals surface area contributed by atoms with Gasteiger partial charge in [-0.25, -0.2) is 9.67 Å². The van der Waals surface area contributed by atoms with E-state index in [1.807, 2.05) is 22.2 Å². The molecular weight excluding hydrogens is 362 g/mol. The predicted octanol–water partition coefficient (Wildman–Crippen LogP) is 1.59. The number of fused-ring (bicyclic) bond motifs is 1. The van der Waals surface area contributed by atoms with Crippen molar-refractivity contribution >= 4 is 39.9 Å². The number of likely N-dealkylation sites (tertiary alicyclic amines) is 1. The highest BCUT2D eigenvalue weighted by atomic mass is 35.5. The summed E-state index contributed by atoms with van der Waals surface area (Å²) in [4.78, 5) is 19.3. The van der Waals surface area contributed by atoms with Gasteiger partial charge in [0.15, 0.2) is 10.1 Å². The molecule has 0 aromatic carbocycles. The standard InChI is InChI=1S/C15H16ClN7OS/c16-14-12(22-5-6-25-15(22)18-14)1-2-13(24)21-4-3-11(9-21)23-8-10(7-17)19-20-23/h1-2,5-6,8,11H,3-4,7,9,17H2/b2-1+. The van der Waals surface area contributed by atoms with E-state index in [-0.39, 0.29) is 11.9 Å². The lowest BCUT2D eigenvalue weighted by Gasteiger charge is -2.14. The molecule has 130 valence electrons. The minimum atomic E-state index is -0.0529. The van der Waals surface area contributed by atoms with E-state index < -0.39 is 0 Å². The number of amides is 1. The maximum Gasteiger partial charge on any atom is 0.246 e. The molecule has 1 atom stereocenters. The van der Waals surface area contributed by atoms with Gasteiger partial charge in [0, 0.05) is 37.3 Å². The van der Waals surface area contributed by atoms with Crippen molar-refractivity contribution in [3.05, 3.63) is 40.4 Å². The van der Waals surface area contributed by atoms with E-state index >= 15 is 0 Å². The van der Waals surface area contributed by atoms with Crippen LogP contribution in [0.3, 0.4) is 0 Å². The molecule has 0 aliphatic carbocycles. The number of rotatable bonds is 4. The van der Waals surface area contributed by atoms with E-state index in [1.165, 1.54) is 11.3 Å². The minimum absolute atomic E-state index is 0.0529. The van der Waals surface area contributed by atoms with Gasteiger partial charge in [0.2, 0.25) is 5.91 Å². The zero-order valence-corrected chi connectivity index (χ0v) is 14.8. The van der Waals surface area contributed by atoms with Crippen molar-refractivity contribution < 1.29 is 4.79 Å². The van der Waals surface area contributed by atoms with Crippen LogP contribution in [0.2, 0.25) is 5.15 Å². The highest BCUT2D eigenvalue weighted by molar-refractivity contribution is 7.15. The Morgan fingerprint density at radius 1 is 1.52 bits per heavy atom. The second-order valence-electron chi connectivity index (χ2n) is 5.80. The maximum atomic E-state index is 12.5. The van der Waals surface area contributed by atoms with Crippen LogP contribution in [0.25, 0.3) is 11.0 Å². The van der Waals surface area contributed by atoms with Crippen LogP contribution in [0.5, 0.6) is 0 Å². The van der Waals surface area contributed by atoms with Crippen molar-refractivity contribution in [2.45, 2.75) is 19.0 Å². The number of halogens is 1. The van der Waals surface area contributed by atoms with Gasteiger partial charge >= 0.3 is 0 Å². The molecule has 8 nitrogen and oxygen atoms in total. The van der Waals surface area contributed by atoms with E-state index in [4.69, 9.17) is 17.3 Å². The molecule has 2 N–H and O–H groups in total. The first-order chi connectivity index (χ1) is 12.2. The molecule has 4 rings (SSSR count).